The third kappa shape index (κ3) is 4.11. The zero-order chi connectivity index (χ0) is 25.7. The van der Waals surface area contributed by atoms with Crippen LogP contribution in [0, 0.1) is 6.92 Å². The lowest BCUT2D eigenvalue weighted by Crippen LogP contribution is -2.43. The maximum absolute atomic E-state index is 13.8. The number of nitrogens with two attached hydrogens (primary N) is 1. The smallest absolute Gasteiger partial charge is 0.243 e. The fourth-order valence-electron chi connectivity index (χ4n) is 5.86. The van der Waals surface area contributed by atoms with Crippen molar-refractivity contribution in [2.75, 3.05) is 6.54 Å². The molecule has 1 fully saturated rings. The molecule has 0 radical (unpaired) electrons. The van der Waals surface area contributed by atoms with Crippen LogP contribution in [0.3, 0.4) is 0 Å². The van der Waals surface area contributed by atoms with E-state index in [0.717, 1.165) is 41.5 Å². The highest BCUT2D eigenvalue weighted by Crippen LogP contribution is 2.49. The van der Waals surface area contributed by atoms with Gasteiger partial charge >= 0.3 is 0 Å². The van der Waals surface area contributed by atoms with E-state index in [1.54, 1.807) is 16.4 Å². The van der Waals surface area contributed by atoms with Crippen LogP contribution >= 0.6 is 0 Å². The van der Waals surface area contributed by atoms with Gasteiger partial charge in [-0.15, -0.1) is 0 Å². The summed E-state index contributed by atoms with van der Waals surface area (Å²) in [6.45, 7) is 2.45. The van der Waals surface area contributed by atoms with Gasteiger partial charge in [-0.3, -0.25) is 0 Å². The van der Waals surface area contributed by atoms with Crippen LogP contribution in [0.2, 0.25) is 0 Å². The molecule has 1 spiro atoms. The van der Waals surface area contributed by atoms with Crippen LogP contribution in [0.25, 0.3) is 0 Å². The molecule has 1 aliphatic heterocycles. The van der Waals surface area contributed by atoms with Gasteiger partial charge in [0.1, 0.15) is 0 Å². The Bertz CT molecular complexity index is 1490. The SMILES string of the molecule is Cc1ccc(S(=O)(=O)N2CCc3cc(C(N)(c4ccccc4)c4ccccc4)ccc3CC23CC3)cc1. The lowest BCUT2D eigenvalue weighted by molar-refractivity contribution is 0.308. The molecule has 0 unspecified atom stereocenters. The number of aryl methyl sites for hydroxylation is 1. The second-order valence-corrected chi connectivity index (χ2v) is 12.4. The average Bonchev–Trinajstić information content (AvgIpc) is 3.72. The summed E-state index contributed by atoms with van der Waals surface area (Å²) >= 11 is 0. The first-order valence-electron chi connectivity index (χ1n) is 12.9. The second-order valence-electron chi connectivity index (χ2n) is 10.6. The zero-order valence-corrected chi connectivity index (χ0v) is 21.9. The standard InChI is InChI=1S/C32H32N2O2S/c1-24-12-16-30(17-13-24)37(35,36)34-21-18-25-22-29(15-14-26(25)23-31(34)19-20-31)32(33,27-8-4-2-5-9-27)28-10-6-3-7-11-28/h2-17,22H,18-21,23,33H2,1H3. The van der Waals surface area contributed by atoms with Gasteiger partial charge in [-0.1, -0.05) is 96.6 Å². The molecule has 0 bridgehead atoms. The van der Waals surface area contributed by atoms with Gasteiger partial charge in [-0.2, -0.15) is 4.31 Å². The van der Waals surface area contributed by atoms with Crippen molar-refractivity contribution in [3.63, 3.8) is 0 Å². The number of sulfonamides is 1. The number of hydrogen-bond acceptors (Lipinski definition) is 3. The molecule has 5 heteroatoms. The normalized spacial score (nSPS) is 17.2. The fourth-order valence-corrected chi connectivity index (χ4v) is 7.69. The molecule has 6 rings (SSSR count). The number of fused-ring (bicyclic) bond motifs is 1. The zero-order valence-electron chi connectivity index (χ0n) is 21.1. The highest BCUT2D eigenvalue weighted by Gasteiger charge is 2.54. The van der Waals surface area contributed by atoms with Gasteiger partial charge in [0.2, 0.25) is 10.0 Å². The largest absolute Gasteiger partial charge is 0.314 e. The predicted octanol–water partition coefficient (Wildman–Crippen LogP) is 5.57. The third-order valence-electron chi connectivity index (χ3n) is 8.19. The molecule has 0 saturated heterocycles. The lowest BCUT2D eigenvalue weighted by atomic mass is 9.77. The minimum Gasteiger partial charge on any atom is -0.314 e. The minimum absolute atomic E-state index is 0.324. The number of rotatable bonds is 5. The van der Waals surface area contributed by atoms with Crippen LogP contribution in [0.4, 0.5) is 0 Å². The Kier molecular flexibility index (Phi) is 5.83. The Morgan fingerprint density at radius 2 is 1.35 bits per heavy atom. The molecule has 0 aromatic heterocycles. The molecule has 1 heterocycles. The van der Waals surface area contributed by atoms with Crippen molar-refractivity contribution in [1.29, 1.82) is 0 Å². The van der Waals surface area contributed by atoms with E-state index in [1.807, 2.05) is 55.5 Å². The number of nitrogens with zero attached hydrogens (tertiary/aromatic N) is 1. The molecular weight excluding hydrogens is 476 g/mol. The quantitative estimate of drug-likeness (QED) is 0.359. The molecule has 4 aromatic rings. The average molecular weight is 509 g/mol. The van der Waals surface area contributed by atoms with E-state index in [2.05, 4.69) is 42.5 Å². The monoisotopic (exact) mass is 508 g/mol. The Morgan fingerprint density at radius 1 is 0.757 bits per heavy atom. The van der Waals surface area contributed by atoms with Crippen LogP contribution in [-0.4, -0.2) is 24.8 Å². The molecule has 188 valence electrons. The van der Waals surface area contributed by atoms with Crippen molar-refractivity contribution in [2.45, 2.75) is 48.6 Å². The van der Waals surface area contributed by atoms with Crippen molar-refractivity contribution >= 4 is 10.0 Å². The summed E-state index contributed by atoms with van der Waals surface area (Å²) in [5.74, 6) is 0. The molecule has 1 aliphatic carbocycles. The summed E-state index contributed by atoms with van der Waals surface area (Å²) in [4.78, 5) is 0.380. The number of hydrogen-bond donors (Lipinski definition) is 1. The molecule has 0 amide bonds. The van der Waals surface area contributed by atoms with E-state index in [9.17, 15) is 8.42 Å². The van der Waals surface area contributed by atoms with Gasteiger partial charge in [0.15, 0.2) is 0 Å². The Labute approximate surface area is 219 Å². The highest BCUT2D eigenvalue weighted by molar-refractivity contribution is 7.89. The van der Waals surface area contributed by atoms with Crippen LogP contribution < -0.4 is 5.73 Å². The summed E-state index contributed by atoms with van der Waals surface area (Å²) in [7, 11) is -3.58. The van der Waals surface area contributed by atoms with Crippen molar-refractivity contribution in [3.05, 3.63) is 137 Å². The van der Waals surface area contributed by atoms with E-state index in [-0.39, 0.29) is 5.54 Å². The van der Waals surface area contributed by atoms with Gasteiger partial charge in [0.25, 0.3) is 0 Å². The van der Waals surface area contributed by atoms with E-state index in [4.69, 9.17) is 5.73 Å². The second kappa shape index (κ2) is 8.95. The van der Waals surface area contributed by atoms with Gasteiger partial charge in [-0.25, -0.2) is 8.42 Å². The maximum Gasteiger partial charge on any atom is 0.243 e. The predicted molar refractivity (Wildman–Crippen MR) is 148 cm³/mol. The molecule has 2 N–H and O–H groups in total. The maximum atomic E-state index is 13.8. The molecular formula is C32H32N2O2S. The molecule has 2 aliphatic rings. The van der Waals surface area contributed by atoms with E-state index in [1.165, 1.54) is 11.1 Å². The van der Waals surface area contributed by atoms with Crippen LogP contribution in [0.15, 0.2) is 108 Å². The first-order chi connectivity index (χ1) is 17.8. The lowest BCUT2D eigenvalue weighted by Gasteiger charge is -2.32. The van der Waals surface area contributed by atoms with Crippen LogP contribution in [0.5, 0.6) is 0 Å². The van der Waals surface area contributed by atoms with Crippen LogP contribution in [-0.2, 0) is 28.4 Å². The summed E-state index contributed by atoms with van der Waals surface area (Å²) in [5.41, 5.74) is 12.7. The van der Waals surface area contributed by atoms with Gasteiger partial charge in [0, 0.05) is 12.1 Å². The Morgan fingerprint density at radius 3 is 1.92 bits per heavy atom. The van der Waals surface area contributed by atoms with Crippen molar-refractivity contribution in [3.8, 4) is 0 Å². The van der Waals surface area contributed by atoms with Crippen LogP contribution in [0.1, 0.15) is 46.2 Å². The summed E-state index contributed by atoms with van der Waals surface area (Å²) in [6, 6.07) is 34.2. The first kappa shape index (κ1) is 24.1. The summed E-state index contributed by atoms with van der Waals surface area (Å²) < 4.78 is 29.3. The number of benzene rings is 4. The van der Waals surface area contributed by atoms with E-state index >= 15 is 0 Å². The van der Waals surface area contributed by atoms with E-state index in [0.29, 0.717) is 17.9 Å². The fraction of sp³-hybridized carbons (Fsp3) is 0.250. The molecule has 4 aromatic carbocycles. The van der Waals surface area contributed by atoms with Crippen molar-refractivity contribution < 1.29 is 8.42 Å². The Hall–Kier alpha value is -3.25. The first-order valence-corrected chi connectivity index (χ1v) is 14.4. The topological polar surface area (TPSA) is 63.4 Å². The van der Waals surface area contributed by atoms with Gasteiger partial charge in [-0.05, 0) is 72.6 Å². The molecule has 37 heavy (non-hydrogen) atoms. The third-order valence-corrected chi connectivity index (χ3v) is 10.2. The molecule has 0 atom stereocenters. The van der Waals surface area contributed by atoms with Crippen molar-refractivity contribution in [1.82, 2.24) is 4.31 Å². The van der Waals surface area contributed by atoms with Gasteiger partial charge < -0.3 is 5.73 Å². The molecule has 1 saturated carbocycles. The summed E-state index contributed by atoms with van der Waals surface area (Å²) in [5, 5.41) is 0. The summed E-state index contributed by atoms with van der Waals surface area (Å²) in [6.07, 6.45) is 3.19. The van der Waals surface area contributed by atoms with Gasteiger partial charge in [0.05, 0.1) is 10.4 Å². The molecule has 4 nitrogen and oxygen atoms in total. The van der Waals surface area contributed by atoms with E-state index < -0.39 is 15.6 Å². The minimum atomic E-state index is -3.58. The van der Waals surface area contributed by atoms with Crippen molar-refractivity contribution in [2.24, 2.45) is 5.73 Å². The Balaban J connectivity index is 1.40. The highest BCUT2D eigenvalue weighted by atomic mass is 32.2.